The summed E-state index contributed by atoms with van der Waals surface area (Å²) < 4.78 is 1.23. The van der Waals surface area contributed by atoms with Gasteiger partial charge in [-0.1, -0.05) is 0 Å². The predicted octanol–water partition coefficient (Wildman–Crippen LogP) is 1.50. The van der Waals surface area contributed by atoms with Crippen LogP contribution >= 0.6 is 0 Å². The first-order valence-corrected chi connectivity index (χ1v) is 7.53. The van der Waals surface area contributed by atoms with E-state index in [-0.39, 0.29) is 29.5 Å². The molecule has 0 aliphatic carbocycles. The number of rotatable bonds is 5. The van der Waals surface area contributed by atoms with Gasteiger partial charge in [0.15, 0.2) is 0 Å². The van der Waals surface area contributed by atoms with Crippen LogP contribution in [-0.2, 0) is 11.8 Å². The van der Waals surface area contributed by atoms with Crippen molar-refractivity contribution in [2.75, 3.05) is 6.54 Å². The molecule has 1 aromatic rings. The van der Waals surface area contributed by atoms with E-state index in [0.717, 1.165) is 12.8 Å². The first kappa shape index (κ1) is 16.9. The number of piperidine rings is 1. The van der Waals surface area contributed by atoms with E-state index < -0.39 is 16.8 Å². The van der Waals surface area contributed by atoms with E-state index in [0.29, 0.717) is 19.4 Å². The van der Waals surface area contributed by atoms with Gasteiger partial charge >= 0.3 is 11.7 Å². The van der Waals surface area contributed by atoms with Crippen molar-refractivity contribution in [1.29, 1.82) is 0 Å². The Labute approximate surface area is 133 Å². The van der Waals surface area contributed by atoms with E-state index >= 15 is 0 Å². The molecule has 9 nitrogen and oxygen atoms in total. The lowest BCUT2D eigenvalue weighted by atomic mass is 9.97. The number of aromatic nitrogens is 2. The van der Waals surface area contributed by atoms with Crippen molar-refractivity contribution in [3.63, 3.8) is 0 Å². The lowest BCUT2D eigenvalue weighted by molar-refractivity contribution is -0.385. The van der Waals surface area contributed by atoms with Gasteiger partial charge in [-0.2, -0.15) is 5.10 Å². The normalized spacial score (nSPS) is 18.0. The molecular formula is C14H20N4O5. The molecule has 0 radical (unpaired) electrons. The largest absolute Gasteiger partial charge is 0.481 e. The van der Waals surface area contributed by atoms with Crippen molar-refractivity contribution in [3.05, 3.63) is 21.5 Å². The number of hydrogen-bond donors (Lipinski definition) is 1. The summed E-state index contributed by atoms with van der Waals surface area (Å²) in [6, 6.07) is -0.206. The molecule has 126 valence electrons. The van der Waals surface area contributed by atoms with E-state index in [4.69, 9.17) is 5.11 Å². The summed E-state index contributed by atoms with van der Waals surface area (Å²) in [6.07, 6.45) is 2.76. The molecule has 23 heavy (non-hydrogen) atoms. The lowest BCUT2D eigenvalue weighted by Crippen LogP contribution is -2.44. The zero-order chi connectivity index (χ0) is 17.1. The number of aryl methyl sites for hydroxylation is 2. The fourth-order valence-corrected chi connectivity index (χ4v) is 3.10. The average Bonchev–Trinajstić information content (AvgIpc) is 2.79. The van der Waals surface area contributed by atoms with Crippen LogP contribution in [0.5, 0.6) is 0 Å². The third kappa shape index (κ3) is 3.49. The second kappa shape index (κ2) is 6.76. The van der Waals surface area contributed by atoms with Crippen molar-refractivity contribution in [2.24, 2.45) is 7.05 Å². The number of likely N-dealkylation sites (tertiary alicyclic amines) is 1. The summed E-state index contributed by atoms with van der Waals surface area (Å²) in [5, 5.41) is 24.1. The standard InChI is InChI=1S/C14H20N4O5/c1-9-12(18(22)23)13(16(2)15-9)14(21)17-8-4-3-5-10(17)6-7-11(19)20/h10H,3-8H2,1-2H3,(H,19,20). The van der Waals surface area contributed by atoms with Crippen LogP contribution in [0, 0.1) is 17.0 Å². The molecule has 0 bridgehead atoms. The Hall–Kier alpha value is -2.45. The van der Waals surface area contributed by atoms with Crippen LogP contribution in [-0.4, -0.2) is 49.2 Å². The molecule has 1 atom stereocenters. The quantitative estimate of drug-likeness (QED) is 0.647. The molecule has 1 unspecified atom stereocenters. The maximum atomic E-state index is 12.8. The second-order valence-corrected chi connectivity index (χ2v) is 5.74. The van der Waals surface area contributed by atoms with E-state index in [9.17, 15) is 19.7 Å². The number of nitro groups is 1. The van der Waals surface area contributed by atoms with Gasteiger partial charge < -0.3 is 10.0 Å². The summed E-state index contributed by atoms with van der Waals surface area (Å²) in [7, 11) is 1.50. The molecule has 1 N–H and O–H groups in total. The smallest absolute Gasteiger partial charge is 0.322 e. The summed E-state index contributed by atoms with van der Waals surface area (Å²) in [5.41, 5.74) is -0.130. The van der Waals surface area contributed by atoms with Crippen LogP contribution in [0.2, 0.25) is 0 Å². The van der Waals surface area contributed by atoms with Gasteiger partial charge in [0.2, 0.25) is 5.69 Å². The average molecular weight is 324 g/mol. The van der Waals surface area contributed by atoms with Gasteiger partial charge in [-0.05, 0) is 32.6 Å². The van der Waals surface area contributed by atoms with E-state index in [1.54, 1.807) is 4.90 Å². The summed E-state index contributed by atoms with van der Waals surface area (Å²) in [4.78, 5) is 35.8. The summed E-state index contributed by atoms with van der Waals surface area (Å²) in [6.45, 7) is 1.97. The minimum absolute atomic E-state index is 0.0268. The molecule has 0 saturated carbocycles. The van der Waals surface area contributed by atoms with Crippen molar-refractivity contribution in [3.8, 4) is 0 Å². The summed E-state index contributed by atoms with van der Waals surface area (Å²) in [5.74, 6) is -1.36. The molecular weight excluding hydrogens is 304 g/mol. The maximum Gasteiger partial charge on any atom is 0.322 e. The van der Waals surface area contributed by atoms with Gasteiger partial charge in [0.25, 0.3) is 5.91 Å². The fraction of sp³-hybridized carbons (Fsp3) is 0.643. The summed E-state index contributed by atoms with van der Waals surface area (Å²) >= 11 is 0. The molecule has 2 heterocycles. The zero-order valence-corrected chi connectivity index (χ0v) is 13.2. The molecule has 1 saturated heterocycles. The van der Waals surface area contributed by atoms with Crippen LogP contribution in [0.1, 0.15) is 48.3 Å². The molecule has 2 rings (SSSR count). The van der Waals surface area contributed by atoms with Gasteiger partial charge in [-0.15, -0.1) is 0 Å². The highest BCUT2D eigenvalue weighted by Gasteiger charge is 2.35. The van der Waals surface area contributed by atoms with Gasteiger partial charge in [0.05, 0.1) is 4.92 Å². The van der Waals surface area contributed by atoms with Crippen LogP contribution in [0.3, 0.4) is 0 Å². The Bertz CT molecular complexity index is 639. The monoisotopic (exact) mass is 324 g/mol. The number of carboxylic acids is 1. The first-order valence-electron chi connectivity index (χ1n) is 7.53. The first-order chi connectivity index (χ1) is 10.8. The van der Waals surface area contributed by atoms with Crippen LogP contribution in [0.15, 0.2) is 0 Å². The fourth-order valence-electron chi connectivity index (χ4n) is 3.10. The van der Waals surface area contributed by atoms with E-state index in [1.165, 1.54) is 18.7 Å². The van der Waals surface area contributed by atoms with Crippen LogP contribution < -0.4 is 0 Å². The Balaban J connectivity index is 2.30. The zero-order valence-electron chi connectivity index (χ0n) is 13.2. The highest BCUT2D eigenvalue weighted by Crippen LogP contribution is 2.28. The van der Waals surface area contributed by atoms with Gasteiger partial charge in [0.1, 0.15) is 5.69 Å². The number of aliphatic carboxylic acids is 1. The molecule has 1 amide bonds. The van der Waals surface area contributed by atoms with Crippen LogP contribution in [0.25, 0.3) is 0 Å². The van der Waals surface area contributed by atoms with Crippen molar-refractivity contribution in [2.45, 2.75) is 45.1 Å². The van der Waals surface area contributed by atoms with Crippen LogP contribution in [0.4, 0.5) is 5.69 Å². The number of nitrogens with zero attached hydrogens (tertiary/aromatic N) is 4. The van der Waals surface area contributed by atoms with Gasteiger partial charge in [0, 0.05) is 26.1 Å². The Kier molecular flexibility index (Phi) is 4.97. The van der Waals surface area contributed by atoms with Crippen molar-refractivity contribution >= 4 is 17.6 Å². The SMILES string of the molecule is Cc1nn(C)c(C(=O)N2CCCCC2CCC(=O)O)c1[N+](=O)[O-]. The third-order valence-corrected chi connectivity index (χ3v) is 4.16. The topological polar surface area (TPSA) is 119 Å². The Morgan fingerprint density at radius 3 is 2.74 bits per heavy atom. The minimum atomic E-state index is -0.912. The molecule has 1 aromatic heterocycles. The van der Waals surface area contributed by atoms with E-state index in [2.05, 4.69) is 5.10 Å². The predicted molar refractivity (Wildman–Crippen MR) is 80.1 cm³/mol. The Morgan fingerprint density at radius 2 is 2.13 bits per heavy atom. The molecule has 1 aliphatic heterocycles. The Morgan fingerprint density at radius 1 is 1.43 bits per heavy atom. The maximum absolute atomic E-state index is 12.8. The molecule has 0 aromatic carbocycles. The number of carbonyl (C=O) groups excluding carboxylic acids is 1. The molecule has 9 heteroatoms. The number of carboxylic acid groups (broad SMARTS) is 1. The molecule has 1 aliphatic rings. The number of carbonyl (C=O) groups is 2. The number of amides is 1. The lowest BCUT2D eigenvalue weighted by Gasteiger charge is -2.35. The molecule has 0 spiro atoms. The van der Waals surface area contributed by atoms with Crippen molar-refractivity contribution in [1.82, 2.24) is 14.7 Å². The second-order valence-electron chi connectivity index (χ2n) is 5.74. The van der Waals surface area contributed by atoms with Gasteiger partial charge in [-0.3, -0.25) is 24.4 Å². The number of hydrogen-bond acceptors (Lipinski definition) is 5. The highest BCUT2D eigenvalue weighted by atomic mass is 16.6. The highest BCUT2D eigenvalue weighted by molar-refractivity contribution is 5.97. The third-order valence-electron chi connectivity index (χ3n) is 4.16. The minimum Gasteiger partial charge on any atom is -0.481 e. The molecule has 1 fully saturated rings. The van der Waals surface area contributed by atoms with Gasteiger partial charge in [-0.25, -0.2) is 0 Å². The van der Waals surface area contributed by atoms with E-state index in [1.807, 2.05) is 0 Å². The van der Waals surface area contributed by atoms with Crippen molar-refractivity contribution < 1.29 is 19.6 Å².